The monoisotopic (exact) mass is 280 g/mol. The molecule has 0 spiro atoms. The number of Topliss-reactive ketones (excluding diaryl/α,β-unsaturated/α-hetero) is 1. The molecule has 19 heavy (non-hydrogen) atoms. The molecule has 3 nitrogen and oxygen atoms in total. The number of rotatable bonds is 7. The Kier molecular flexibility index (Phi) is 6.64. The van der Waals surface area contributed by atoms with Crippen LogP contribution in [0.3, 0.4) is 0 Å². The highest BCUT2D eigenvalue weighted by Crippen LogP contribution is 2.28. The summed E-state index contributed by atoms with van der Waals surface area (Å²) >= 11 is 1.47. The Morgan fingerprint density at radius 1 is 1.32 bits per heavy atom. The summed E-state index contributed by atoms with van der Waals surface area (Å²) in [7, 11) is 0. The van der Waals surface area contributed by atoms with E-state index < -0.39 is 0 Å². The third-order valence-electron chi connectivity index (χ3n) is 2.62. The van der Waals surface area contributed by atoms with Crippen LogP contribution in [0, 0.1) is 0 Å². The summed E-state index contributed by atoms with van der Waals surface area (Å²) in [6.07, 6.45) is 1.69. The van der Waals surface area contributed by atoms with Crippen molar-refractivity contribution in [2.45, 2.75) is 43.8 Å². The zero-order valence-corrected chi connectivity index (χ0v) is 12.5. The van der Waals surface area contributed by atoms with Crippen LogP contribution in [-0.2, 0) is 9.53 Å². The fourth-order valence-corrected chi connectivity index (χ4v) is 2.87. The van der Waals surface area contributed by atoms with Gasteiger partial charge in [-0.2, -0.15) is 0 Å². The lowest BCUT2D eigenvalue weighted by atomic mass is 10.2. The Morgan fingerprint density at radius 3 is 2.63 bits per heavy atom. The van der Waals surface area contributed by atoms with Crippen LogP contribution >= 0.6 is 11.8 Å². The van der Waals surface area contributed by atoms with E-state index in [1.807, 2.05) is 32.0 Å². The molecular formula is C15H20O3S. The number of carbonyl (C=O) groups is 2. The van der Waals surface area contributed by atoms with Crippen molar-refractivity contribution in [1.29, 1.82) is 0 Å². The number of thioether (sulfide) groups is 1. The Morgan fingerprint density at radius 2 is 2.05 bits per heavy atom. The summed E-state index contributed by atoms with van der Waals surface area (Å²) in [4.78, 5) is 24.1. The van der Waals surface area contributed by atoms with Crippen molar-refractivity contribution in [2.75, 3.05) is 6.61 Å². The summed E-state index contributed by atoms with van der Waals surface area (Å²) in [6, 6.07) is 7.37. The van der Waals surface area contributed by atoms with Crippen molar-refractivity contribution in [3.63, 3.8) is 0 Å². The van der Waals surface area contributed by atoms with E-state index in [1.165, 1.54) is 11.8 Å². The lowest BCUT2D eigenvalue weighted by molar-refractivity contribution is -0.142. The fraction of sp³-hybridized carbons (Fsp3) is 0.467. The molecule has 1 unspecified atom stereocenters. The molecule has 0 aliphatic rings. The predicted molar refractivity (Wildman–Crippen MR) is 77.6 cm³/mol. The van der Waals surface area contributed by atoms with Gasteiger partial charge in [-0.05, 0) is 32.4 Å². The molecule has 0 saturated heterocycles. The zero-order valence-electron chi connectivity index (χ0n) is 11.6. The third kappa shape index (κ3) is 5.07. The molecule has 1 aromatic carbocycles. The Bertz CT molecular complexity index is 443. The summed E-state index contributed by atoms with van der Waals surface area (Å²) in [5, 5.41) is -0.202. The molecule has 0 fully saturated rings. The van der Waals surface area contributed by atoms with Gasteiger partial charge < -0.3 is 4.74 Å². The maximum atomic E-state index is 11.8. The molecule has 0 bridgehead atoms. The number of ketones is 1. The summed E-state index contributed by atoms with van der Waals surface area (Å²) < 4.78 is 5.08. The first-order valence-electron chi connectivity index (χ1n) is 6.52. The van der Waals surface area contributed by atoms with E-state index in [2.05, 4.69) is 0 Å². The maximum Gasteiger partial charge on any atom is 0.319 e. The molecule has 0 N–H and O–H groups in total. The summed E-state index contributed by atoms with van der Waals surface area (Å²) in [6.45, 7) is 5.78. The number of hydrogen-bond donors (Lipinski definition) is 0. The van der Waals surface area contributed by atoms with Crippen LogP contribution in [0.25, 0.3) is 0 Å². The molecule has 1 aromatic rings. The normalized spacial score (nSPS) is 11.9. The molecule has 0 heterocycles. The first-order chi connectivity index (χ1) is 9.08. The van der Waals surface area contributed by atoms with Crippen LogP contribution in [0.4, 0.5) is 0 Å². The summed E-state index contributed by atoms with van der Waals surface area (Å²) in [5.74, 6) is -0.145. The lowest BCUT2D eigenvalue weighted by Crippen LogP contribution is -2.20. The van der Waals surface area contributed by atoms with Crippen LogP contribution in [-0.4, -0.2) is 23.6 Å². The Balaban J connectivity index is 2.81. The molecular weight excluding hydrogens is 260 g/mol. The van der Waals surface area contributed by atoms with Crippen molar-refractivity contribution in [3.05, 3.63) is 29.8 Å². The molecule has 1 atom stereocenters. The number of esters is 1. The van der Waals surface area contributed by atoms with Crippen molar-refractivity contribution in [2.24, 2.45) is 0 Å². The van der Waals surface area contributed by atoms with Gasteiger partial charge in [0.2, 0.25) is 0 Å². The summed E-state index contributed by atoms with van der Waals surface area (Å²) in [5.41, 5.74) is 0.670. The molecule has 0 aromatic heterocycles. The zero-order chi connectivity index (χ0) is 14.3. The van der Waals surface area contributed by atoms with Crippen LogP contribution in [0.1, 0.15) is 44.0 Å². The van der Waals surface area contributed by atoms with Crippen molar-refractivity contribution < 1.29 is 14.3 Å². The number of hydrogen-bond acceptors (Lipinski definition) is 4. The van der Waals surface area contributed by atoms with Gasteiger partial charge >= 0.3 is 5.97 Å². The molecule has 0 aliphatic carbocycles. The largest absolute Gasteiger partial charge is 0.465 e. The van der Waals surface area contributed by atoms with Crippen molar-refractivity contribution in [3.8, 4) is 0 Å². The first kappa shape index (κ1) is 15.8. The molecule has 4 heteroatoms. The van der Waals surface area contributed by atoms with Gasteiger partial charge in [0.05, 0.1) is 6.61 Å². The molecule has 0 amide bonds. The van der Waals surface area contributed by atoms with E-state index in [9.17, 15) is 9.59 Å². The first-order valence-corrected chi connectivity index (χ1v) is 7.40. The Labute approximate surface area is 118 Å². The van der Waals surface area contributed by atoms with Gasteiger partial charge in [0.1, 0.15) is 5.25 Å². The smallest absolute Gasteiger partial charge is 0.319 e. The number of carbonyl (C=O) groups excluding carboxylic acids is 2. The van der Waals surface area contributed by atoms with Crippen LogP contribution in [0.5, 0.6) is 0 Å². The van der Waals surface area contributed by atoms with E-state index in [-0.39, 0.29) is 17.0 Å². The highest BCUT2D eigenvalue weighted by Gasteiger charge is 2.20. The van der Waals surface area contributed by atoms with Gasteiger partial charge in [0.25, 0.3) is 0 Å². The fourth-order valence-electron chi connectivity index (χ4n) is 1.67. The predicted octanol–water partition coefficient (Wildman–Crippen LogP) is 3.71. The van der Waals surface area contributed by atoms with E-state index in [0.29, 0.717) is 12.2 Å². The van der Waals surface area contributed by atoms with E-state index in [4.69, 9.17) is 4.74 Å². The Hall–Kier alpha value is -1.29. The van der Waals surface area contributed by atoms with E-state index in [0.717, 1.165) is 17.7 Å². The van der Waals surface area contributed by atoms with Crippen molar-refractivity contribution >= 4 is 23.5 Å². The lowest BCUT2D eigenvalue weighted by Gasteiger charge is -2.14. The van der Waals surface area contributed by atoms with Crippen LogP contribution in [0.15, 0.2) is 29.2 Å². The minimum absolute atomic E-state index is 0.0330. The van der Waals surface area contributed by atoms with Gasteiger partial charge in [-0.3, -0.25) is 9.59 Å². The highest BCUT2D eigenvalue weighted by molar-refractivity contribution is 8.00. The third-order valence-corrected chi connectivity index (χ3v) is 3.86. The second-order valence-electron chi connectivity index (χ2n) is 4.23. The van der Waals surface area contributed by atoms with Gasteiger partial charge in [-0.1, -0.05) is 25.5 Å². The average molecular weight is 280 g/mol. The van der Waals surface area contributed by atoms with Gasteiger partial charge in [0, 0.05) is 10.5 Å². The minimum atomic E-state index is -0.202. The van der Waals surface area contributed by atoms with Gasteiger partial charge in [-0.15, -0.1) is 11.8 Å². The van der Waals surface area contributed by atoms with Crippen LogP contribution < -0.4 is 0 Å². The number of ether oxygens (including phenoxy) is 1. The van der Waals surface area contributed by atoms with Crippen molar-refractivity contribution in [1.82, 2.24) is 0 Å². The molecule has 0 aliphatic heterocycles. The molecule has 0 radical (unpaired) electrons. The van der Waals surface area contributed by atoms with Gasteiger partial charge in [-0.25, -0.2) is 0 Å². The SMILES string of the molecule is CCCC(Sc1cccc(C(C)=O)c1)C(=O)OCC. The average Bonchev–Trinajstić information content (AvgIpc) is 2.39. The molecule has 1 rings (SSSR count). The minimum Gasteiger partial charge on any atom is -0.465 e. The van der Waals surface area contributed by atoms with E-state index >= 15 is 0 Å². The standard InChI is InChI=1S/C15H20O3S/c1-4-7-14(15(17)18-5-2)19-13-9-6-8-12(10-13)11(3)16/h6,8-10,14H,4-5,7H2,1-3H3. The molecule has 0 saturated carbocycles. The van der Waals surface area contributed by atoms with E-state index in [1.54, 1.807) is 13.0 Å². The second kappa shape index (κ2) is 8.00. The highest BCUT2D eigenvalue weighted by atomic mass is 32.2. The van der Waals surface area contributed by atoms with Crippen LogP contribution in [0.2, 0.25) is 0 Å². The second-order valence-corrected chi connectivity index (χ2v) is 5.51. The molecule has 104 valence electrons. The van der Waals surface area contributed by atoms with Gasteiger partial charge in [0.15, 0.2) is 5.78 Å². The quantitative estimate of drug-likeness (QED) is 0.434. The maximum absolute atomic E-state index is 11.8. The topological polar surface area (TPSA) is 43.4 Å². The number of benzene rings is 1.